The summed E-state index contributed by atoms with van der Waals surface area (Å²) < 4.78 is 0. The van der Waals surface area contributed by atoms with Crippen molar-refractivity contribution in [1.29, 1.82) is 0 Å². The second-order valence-corrected chi connectivity index (χ2v) is 7.69. The highest BCUT2D eigenvalue weighted by molar-refractivity contribution is 7.10. The summed E-state index contributed by atoms with van der Waals surface area (Å²) in [5.41, 5.74) is -0.514. The number of H-pyrrole nitrogens is 1. The van der Waals surface area contributed by atoms with Gasteiger partial charge in [0.2, 0.25) is 5.88 Å². The molecule has 0 spiro atoms. The average molecular weight is 381 g/mol. The molecule has 0 unspecified atom stereocenters. The fourth-order valence-electron chi connectivity index (χ4n) is 2.47. The lowest BCUT2D eigenvalue weighted by atomic mass is 9.90. The van der Waals surface area contributed by atoms with Crippen molar-refractivity contribution in [2.45, 2.75) is 19.3 Å². The van der Waals surface area contributed by atoms with E-state index in [0.717, 1.165) is 4.88 Å². The lowest BCUT2D eigenvalue weighted by Gasteiger charge is -2.22. The van der Waals surface area contributed by atoms with E-state index in [4.69, 9.17) is 23.2 Å². The summed E-state index contributed by atoms with van der Waals surface area (Å²) in [6.07, 6.45) is 0. The first-order valence-electron chi connectivity index (χ1n) is 7.13. The summed E-state index contributed by atoms with van der Waals surface area (Å²) >= 11 is 13.5. The number of nitrogens with zero attached hydrogens (tertiary/aromatic N) is 1. The molecule has 0 radical (unpaired) electrons. The van der Waals surface area contributed by atoms with E-state index in [1.54, 1.807) is 29.5 Å². The predicted octanol–water partition coefficient (Wildman–Crippen LogP) is 4.84. The molecule has 0 saturated heterocycles. The quantitative estimate of drug-likeness (QED) is 0.683. The fraction of sp³-hybridized carbons (Fsp3) is 0.176. The van der Waals surface area contributed by atoms with Gasteiger partial charge in [0.15, 0.2) is 0 Å². The lowest BCUT2D eigenvalue weighted by molar-refractivity contribution is 0.442. The zero-order chi connectivity index (χ0) is 17.5. The number of rotatable bonds is 3. The van der Waals surface area contributed by atoms with Gasteiger partial charge in [0.1, 0.15) is 11.4 Å². The Balaban J connectivity index is 2.15. The number of hydrogen-bond acceptors (Lipinski definition) is 4. The van der Waals surface area contributed by atoms with Crippen LogP contribution in [0.1, 0.15) is 24.5 Å². The van der Waals surface area contributed by atoms with Gasteiger partial charge in [-0.05, 0) is 49.1 Å². The van der Waals surface area contributed by atoms with Crippen molar-refractivity contribution in [3.63, 3.8) is 0 Å². The fourth-order valence-corrected chi connectivity index (χ4v) is 3.84. The molecule has 0 aliphatic rings. The Hall–Kier alpha value is -1.82. The minimum atomic E-state index is -0.532. The standard InChI is InChI=1S/C17H14Cl2N2O2S/c1-17(2,12-4-3-5-24-12)16-20-14(22)13(15(23)21-16)9-6-10(18)8-11(19)7-9/h3-8H,1-2H3,(H2,20,21,22,23). The van der Waals surface area contributed by atoms with Crippen LogP contribution in [0, 0.1) is 0 Å². The molecule has 0 atom stereocenters. The first-order chi connectivity index (χ1) is 11.3. The molecule has 0 aliphatic heterocycles. The second kappa shape index (κ2) is 6.24. The number of aromatic hydroxyl groups is 1. The van der Waals surface area contributed by atoms with E-state index in [0.29, 0.717) is 21.4 Å². The molecule has 124 valence electrons. The van der Waals surface area contributed by atoms with E-state index in [1.807, 2.05) is 31.4 Å². The molecule has 0 saturated carbocycles. The number of thiophene rings is 1. The van der Waals surface area contributed by atoms with Crippen molar-refractivity contribution < 1.29 is 5.11 Å². The van der Waals surface area contributed by atoms with Crippen LogP contribution in [-0.2, 0) is 5.41 Å². The number of benzene rings is 1. The molecule has 2 aromatic heterocycles. The monoisotopic (exact) mass is 380 g/mol. The maximum atomic E-state index is 12.6. The minimum absolute atomic E-state index is 0.0464. The summed E-state index contributed by atoms with van der Waals surface area (Å²) in [5.74, 6) is 0.0426. The summed E-state index contributed by atoms with van der Waals surface area (Å²) in [6.45, 7) is 3.87. The van der Waals surface area contributed by atoms with E-state index in [1.165, 1.54) is 0 Å². The van der Waals surface area contributed by atoms with Gasteiger partial charge in [-0.15, -0.1) is 11.3 Å². The minimum Gasteiger partial charge on any atom is -0.493 e. The van der Waals surface area contributed by atoms with Gasteiger partial charge in [0.05, 0.1) is 5.41 Å². The van der Waals surface area contributed by atoms with Gasteiger partial charge in [-0.1, -0.05) is 29.3 Å². The molecule has 0 amide bonds. The Morgan fingerprint density at radius 3 is 2.42 bits per heavy atom. The number of halogens is 2. The first-order valence-corrected chi connectivity index (χ1v) is 8.77. The van der Waals surface area contributed by atoms with Crippen LogP contribution in [0.5, 0.6) is 5.88 Å². The third-order valence-electron chi connectivity index (χ3n) is 3.78. The maximum Gasteiger partial charge on any atom is 0.262 e. The van der Waals surface area contributed by atoms with Crippen LogP contribution in [-0.4, -0.2) is 15.1 Å². The van der Waals surface area contributed by atoms with Gasteiger partial charge in [-0.25, -0.2) is 0 Å². The average Bonchev–Trinajstić information content (AvgIpc) is 3.00. The van der Waals surface area contributed by atoms with Crippen molar-refractivity contribution in [2.24, 2.45) is 0 Å². The normalized spacial score (nSPS) is 11.7. The number of aromatic nitrogens is 2. The van der Waals surface area contributed by atoms with E-state index in [-0.39, 0.29) is 11.4 Å². The summed E-state index contributed by atoms with van der Waals surface area (Å²) in [4.78, 5) is 20.6. The molecule has 4 nitrogen and oxygen atoms in total. The van der Waals surface area contributed by atoms with E-state index in [9.17, 15) is 9.90 Å². The van der Waals surface area contributed by atoms with Gasteiger partial charge in [-0.2, -0.15) is 4.98 Å². The topological polar surface area (TPSA) is 66.0 Å². The van der Waals surface area contributed by atoms with Crippen LogP contribution >= 0.6 is 34.5 Å². The van der Waals surface area contributed by atoms with Crippen molar-refractivity contribution in [1.82, 2.24) is 9.97 Å². The SMILES string of the molecule is CC(C)(c1nc(O)c(-c2cc(Cl)cc(Cl)c2)c(=O)[nH]1)c1cccs1. The van der Waals surface area contributed by atoms with Crippen LogP contribution in [0.25, 0.3) is 11.1 Å². The number of hydrogen-bond donors (Lipinski definition) is 2. The lowest BCUT2D eigenvalue weighted by Crippen LogP contribution is -2.26. The van der Waals surface area contributed by atoms with E-state index < -0.39 is 11.0 Å². The number of aromatic amines is 1. The van der Waals surface area contributed by atoms with Gasteiger partial charge in [0, 0.05) is 14.9 Å². The molecule has 2 heterocycles. The molecular weight excluding hydrogens is 367 g/mol. The van der Waals surface area contributed by atoms with E-state index >= 15 is 0 Å². The largest absolute Gasteiger partial charge is 0.493 e. The third kappa shape index (κ3) is 3.07. The summed E-state index contributed by atoms with van der Waals surface area (Å²) in [5, 5.41) is 13.1. The second-order valence-electron chi connectivity index (χ2n) is 5.87. The Kier molecular flexibility index (Phi) is 4.42. The van der Waals surface area contributed by atoms with Crippen molar-refractivity contribution >= 4 is 34.5 Å². The maximum absolute atomic E-state index is 12.6. The van der Waals surface area contributed by atoms with Crippen LogP contribution in [0.2, 0.25) is 10.0 Å². The highest BCUT2D eigenvalue weighted by Crippen LogP contribution is 2.34. The van der Waals surface area contributed by atoms with Crippen LogP contribution < -0.4 is 5.56 Å². The molecule has 0 bridgehead atoms. The number of nitrogens with one attached hydrogen (secondary N) is 1. The summed E-state index contributed by atoms with van der Waals surface area (Å²) in [6, 6.07) is 8.57. The molecular formula is C17H14Cl2N2O2S. The molecule has 2 N–H and O–H groups in total. The molecule has 7 heteroatoms. The van der Waals surface area contributed by atoms with Gasteiger partial charge in [0.25, 0.3) is 5.56 Å². The molecule has 0 fully saturated rings. The van der Waals surface area contributed by atoms with Gasteiger partial charge in [-0.3, -0.25) is 4.79 Å². The molecule has 1 aromatic carbocycles. The molecule has 0 aliphatic carbocycles. The van der Waals surface area contributed by atoms with Crippen molar-refractivity contribution in [3.8, 4) is 17.0 Å². The van der Waals surface area contributed by atoms with Gasteiger partial charge >= 0.3 is 0 Å². The Labute approximate surface area is 152 Å². The highest BCUT2D eigenvalue weighted by Gasteiger charge is 2.29. The third-order valence-corrected chi connectivity index (χ3v) is 5.41. The zero-order valence-corrected chi connectivity index (χ0v) is 15.3. The van der Waals surface area contributed by atoms with E-state index in [2.05, 4.69) is 9.97 Å². The van der Waals surface area contributed by atoms with Crippen LogP contribution in [0.15, 0.2) is 40.5 Å². The smallest absolute Gasteiger partial charge is 0.262 e. The van der Waals surface area contributed by atoms with Gasteiger partial charge < -0.3 is 10.1 Å². The predicted molar refractivity (Wildman–Crippen MR) is 98.4 cm³/mol. The molecule has 3 rings (SSSR count). The molecule has 24 heavy (non-hydrogen) atoms. The first kappa shape index (κ1) is 17.0. The Bertz CT molecular complexity index is 929. The van der Waals surface area contributed by atoms with Crippen LogP contribution in [0.4, 0.5) is 0 Å². The Morgan fingerprint density at radius 1 is 1.21 bits per heavy atom. The van der Waals surface area contributed by atoms with Crippen molar-refractivity contribution in [3.05, 3.63) is 66.8 Å². The van der Waals surface area contributed by atoms with Crippen LogP contribution in [0.3, 0.4) is 0 Å². The van der Waals surface area contributed by atoms with Crippen molar-refractivity contribution in [2.75, 3.05) is 0 Å². The zero-order valence-electron chi connectivity index (χ0n) is 12.9. The highest BCUT2D eigenvalue weighted by atomic mass is 35.5. The summed E-state index contributed by atoms with van der Waals surface area (Å²) in [7, 11) is 0. The Morgan fingerprint density at radius 2 is 1.88 bits per heavy atom. The molecule has 3 aromatic rings.